The number of ether oxygens (including phenoxy) is 1. The second-order valence-corrected chi connectivity index (χ2v) is 5.49. The van der Waals surface area contributed by atoms with Gasteiger partial charge in [0.05, 0.1) is 19.0 Å². The minimum Gasteiger partial charge on any atom is -0.494 e. The molecule has 1 aromatic carbocycles. The van der Waals surface area contributed by atoms with Gasteiger partial charge in [-0.1, -0.05) is 0 Å². The number of benzene rings is 1. The number of carboxylic acids is 1. The Balaban J connectivity index is 2.35. The van der Waals surface area contributed by atoms with Gasteiger partial charge in [-0.05, 0) is 12.1 Å². The number of nitrogens with one attached hydrogen (secondary N) is 2. The fourth-order valence-corrected chi connectivity index (χ4v) is 2.71. The first-order valence-corrected chi connectivity index (χ1v) is 6.96. The minimum atomic E-state index is -4.24. The number of sulfonamides is 1. The molecule has 0 atom stereocenters. The molecule has 3 N–H and O–H groups in total. The summed E-state index contributed by atoms with van der Waals surface area (Å²) < 4.78 is 44.4. The zero-order chi connectivity index (χ0) is 15.6. The Hall–Kier alpha value is -2.62. The average molecular weight is 315 g/mol. The van der Waals surface area contributed by atoms with Crippen LogP contribution in [-0.2, 0) is 10.0 Å². The highest BCUT2D eigenvalue weighted by atomic mass is 32.2. The Morgan fingerprint density at radius 2 is 2.19 bits per heavy atom. The highest BCUT2D eigenvalue weighted by Gasteiger charge is 2.25. The molecule has 0 spiro atoms. The van der Waals surface area contributed by atoms with Crippen LogP contribution in [0.25, 0.3) is 0 Å². The molecule has 10 heteroatoms. The second kappa shape index (κ2) is 5.40. The third-order valence-corrected chi connectivity index (χ3v) is 3.86. The van der Waals surface area contributed by atoms with Crippen molar-refractivity contribution in [1.29, 1.82) is 0 Å². The Morgan fingerprint density at radius 1 is 1.48 bits per heavy atom. The zero-order valence-electron chi connectivity index (χ0n) is 10.6. The van der Waals surface area contributed by atoms with Gasteiger partial charge in [-0.25, -0.2) is 9.18 Å². The van der Waals surface area contributed by atoms with E-state index in [4.69, 9.17) is 9.84 Å². The third kappa shape index (κ3) is 2.94. The van der Waals surface area contributed by atoms with E-state index in [1.54, 1.807) is 0 Å². The van der Waals surface area contributed by atoms with Crippen molar-refractivity contribution >= 4 is 21.7 Å². The average Bonchev–Trinajstić information content (AvgIpc) is 2.88. The largest absolute Gasteiger partial charge is 0.494 e. The first-order chi connectivity index (χ1) is 9.85. The van der Waals surface area contributed by atoms with Gasteiger partial charge in [0.1, 0.15) is 5.56 Å². The standard InChI is InChI=1S/C11H10FN3O5S/c1-20-9-3-2-6(4-8(9)12)15-21(18,19)10-7(11(16)17)5-13-14-10/h2-5,15H,1H3,(H,13,14)(H,16,17). The SMILES string of the molecule is COc1ccc(NS(=O)(=O)c2[nH]ncc2C(=O)O)cc1F. The lowest BCUT2D eigenvalue weighted by Gasteiger charge is -2.08. The summed E-state index contributed by atoms with van der Waals surface area (Å²) in [5.74, 6) is -2.27. The number of carboxylic acid groups (broad SMARTS) is 1. The van der Waals surface area contributed by atoms with Crippen molar-refractivity contribution in [2.45, 2.75) is 5.03 Å². The number of aromatic nitrogens is 2. The van der Waals surface area contributed by atoms with Crippen LogP contribution >= 0.6 is 0 Å². The zero-order valence-corrected chi connectivity index (χ0v) is 11.4. The molecule has 0 saturated heterocycles. The minimum absolute atomic E-state index is 0.0503. The van der Waals surface area contributed by atoms with Crippen molar-refractivity contribution in [3.8, 4) is 5.75 Å². The maximum Gasteiger partial charge on any atom is 0.340 e. The second-order valence-electron chi connectivity index (χ2n) is 3.87. The van der Waals surface area contributed by atoms with Crippen LogP contribution in [0.15, 0.2) is 29.4 Å². The van der Waals surface area contributed by atoms with E-state index in [-0.39, 0.29) is 11.4 Å². The van der Waals surface area contributed by atoms with E-state index in [1.807, 2.05) is 0 Å². The van der Waals surface area contributed by atoms with Crippen LogP contribution in [0, 0.1) is 5.82 Å². The van der Waals surface area contributed by atoms with E-state index in [1.165, 1.54) is 19.2 Å². The lowest BCUT2D eigenvalue weighted by Crippen LogP contribution is -2.16. The number of anilines is 1. The summed E-state index contributed by atoms with van der Waals surface area (Å²) in [6.45, 7) is 0. The monoisotopic (exact) mass is 315 g/mol. The summed E-state index contributed by atoms with van der Waals surface area (Å²) in [4.78, 5) is 10.9. The van der Waals surface area contributed by atoms with Gasteiger partial charge in [-0.15, -0.1) is 0 Å². The molecule has 8 nitrogen and oxygen atoms in total. The fraction of sp³-hybridized carbons (Fsp3) is 0.0909. The van der Waals surface area contributed by atoms with Crippen molar-refractivity contribution in [2.75, 3.05) is 11.8 Å². The van der Waals surface area contributed by atoms with E-state index in [0.717, 1.165) is 12.3 Å². The number of rotatable bonds is 5. The molecule has 21 heavy (non-hydrogen) atoms. The van der Waals surface area contributed by atoms with Gasteiger partial charge in [0.25, 0.3) is 10.0 Å². The van der Waals surface area contributed by atoms with Crippen molar-refractivity contribution in [3.05, 3.63) is 35.8 Å². The van der Waals surface area contributed by atoms with Crippen LogP contribution in [0.3, 0.4) is 0 Å². The summed E-state index contributed by atoms with van der Waals surface area (Å²) in [5.41, 5.74) is -0.601. The van der Waals surface area contributed by atoms with Crippen molar-refractivity contribution < 1.29 is 27.4 Å². The number of hydrogen-bond donors (Lipinski definition) is 3. The van der Waals surface area contributed by atoms with Crippen LogP contribution in [0.4, 0.5) is 10.1 Å². The van der Waals surface area contributed by atoms with Crippen LogP contribution < -0.4 is 9.46 Å². The molecule has 0 amide bonds. The number of halogens is 1. The van der Waals surface area contributed by atoms with Gasteiger partial charge < -0.3 is 9.84 Å². The number of aromatic carboxylic acids is 1. The molecular formula is C11H10FN3O5S. The van der Waals surface area contributed by atoms with Gasteiger partial charge in [0, 0.05) is 6.07 Å². The summed E-state index contributed by atoms with van der Waals surface area (Å²) in [6.07, 6.45) is 0.867. The molecular weight excluding hydrogens is 305 g/mol. The Bertz CT molecular complexity index is 787. The molecule has 0 aliphatic rings. The molecule has 2 aromatic rings. The molecule has 0 aliphatic carbocycles. The molecule has 0 aliphatic heterocycles. The van der Waals surface area contributed by atoms with E-state index >= 15 is 0 Å². The number of carbonyl (C=O) groups is 1. The predicted octanol–water partition coefficient (Wildman–Crippen LogP) is 1.06. The molecule has 0 unspecified atom stereocenters. The van der Waals surface area contributed by atoms with Crippen molar-refractivity contribution in [3.63, 3.8) is 0 Å². The van der Waals surface area contributed by atoms with Gasteiger partial charge in [-0.3, -0.25) is 9.82 Å². The van der Waals surface area contributed by atoms with Gasteiger partial charge in [0.15, 0.2) is 16.6 Å². The maximum absolute atomic E-state index is 13.5. The summed E-state index contributed by atoms with van der Waals surface area (Å²) in [6, 6.07) is 3.42. The quantitative estimate of drug-likeness (QED) is 0.758. The normalized spacial score (nSPS) is 11.1. The molecule has 0 fully saturated rings. The van der Waals surface area contributed by atoms with Crippen LogP contribution in [0.1, 0.15) is 10.4 Å². The summed E-state index contributed by atoms with van der Waals surface area (Å²) >= 11 is 0. The summed E-state index contributed by atoms with van der Waals surface area (Å²) in [5, 5.41) is 13.7. The first kappa shape index (κ1) is 14.8. The first-order valence-electron chi connectivity index (χ1n) is 5.48. The number of nitrogens with zero attached hydrogens (tertiary/aromatic N) is 1. The molecule has 112 valence electrons. The van der Waals surface area contributed by atoms with E-state index in [9.17, 15) is 17.6 Å². The van der Waals surface area contributed by atoms with E-state index in [0.29, 0.717) is 0 Å². The van der Waals surface area contributed by atoms with Crippen LogP contribution in [0.2, 0.25) is 0 Å². The van der Waals surface area contributed by atoms with Crippen LogP contribution in [0.5, 0.6) is 5.75 Å². The molecule has 0 bridgehead atoms. The van der Waals surface area contributed by atoms with Gasteiger partial charge >= 0.3 is 5.97 Å². The van der Waals surface area contributed by atoms with Gasteiger partial charge in [0.2, 0.25) is 0 Å². The highest BCUT2D eigenvalue weighted by Crippen LogP contribution is 2.23. The molecule has 0 saturated carbocycles. The molecule has 2 rings (SSSR count). The smallest absolute Gasteiger partial charge is 0.340 e. The van der Waals surface area contributed by atoms with Crippen LogP contribution in [-0.4, -0.2) is 36.8 Å². The Labute approximate surface area is 118 Å². The highest BCUT2D eigenvalue weighted by molar-refractivity contribution is 7.92. The topological polar surface area (TPSA) is 121 Å². The number of aromatic amines is 1. The Kier molecular flexibility index (Phi) is 3.80. The summed E-state index contributed by atoms with van der Waals surface area (Å²) in [7, 11) is -2.97. The lowest BCUT2D eigenvalue weighted by atomic mass is 10.3. The van der Waals surface area contributed by atoms with Crippen molar-refractivity contribution in [2.24, 2.45) is 0 Å². The molecule has 1 heterocycles. The number of hydrogen-bond acceptors (Lipinski definition) is 5. The van der Waals surface area contributed by atoms with E-state index < -0.39 is 32.4 Å². The molecule has 1 aromatic heterocycles. The Morgan fingerprint density at radius 3 is 2.76 bits per heavy atom. The van der Waals surface area contributed by atoms with E-state index in [2.05, 4.69) is 14.9 Å². The third-order valence-electron chi connectivity index (χ3n) is 2.51. The lowest BCUT2D eigenvalue weighted by molar-refractivity contribution is 0.0692. The fourth-order valence-electron chi connectivity index (χ4n) is 1.57. The molecule has 0 radical (unpaired) electrons. The number of H-pyrrole nitrogens is 1. The number of methoxy groups -OCH3 is 1. The van der Waals surface area contributed by atoms with Crippen molar-refractivity contribution in [1.82, 2.24) is 10.2 Å². The predicted molar refractivity (Wildman–Crippen MR) is 69.3 cm³/mol. The maximum atomic E-state index is 13.5. The van der Waals surface area contributed by atoms with Gasteiger partial charge in [-0.2, -0.15) is 13.5 Å².